The fourth-order valence-corrected chi connectivity index (χ4v) is 6.32. The first kappa shape index (κ1) is 48.4. The van der Waals surface area contributed by atoms with Gasteiger partial charge in [-0.1, -0.05) is 189 Å². The van der Waals surface area contributed by atoms with E-state index >= 15 is 0 Å². The van der Waals surface area contributed by atoms with Gasteiger partial charge in [0.1, 0.15) is 13.2 Å². The molecule has 6 heteroatoms. The SMILES string of the molecule is CCC(C)CCCCCCCCCCC(=O)O[C@@H](COC(=O)CCCCCCCCCCC(C)C)COC(=O)CCCCCCCCC(C)C. The molecule has 0 saturated carbocycles. The second-order valence-electron chi connectivity index (χ2n) is 16.2. The third-order valence-electron chi connectivity index (χ3n) is 10.0. The topological polar surface area (TPSA) is 78.9 Å². The summed E-state index contributed by atoms with van der Waals surface area (Å²) in [6, 6.07) is 0. The smallest absolute Gasteiger partial charge is 0.306 e. The summed E-state index contributed by atoms with van der Waals surface area (Å²) >= 11 is 0. The molecule has 50 heavy (non-hydrogen) atoms. The molecule has 0 spiro atoms. The second-order valence-corrected chi connectivity index (χ2v) is 16.2. The summed E-state index contributed by atoms with van der Waals surface area (Å²) in [6.45, 7) is 13.6. The number of hydrogen-bond donors (Lipinski definition) is 0. The second kappa shape index (κ2) is 35.8. The van der Waals surface area contributed by atoms with Gasteiger partial charge >= 0.3 is 17.9 Å². The van der Waals surface area contributed by atoms with Gasteiger partial charge in [0, 0.05) is 19.3 Å². The standard InChI is InChI=1S/C44H84O6/c1-7-40(6)32-26-20-13-9-11-15-23-29-35-44(47)50-41(37-49-43(46)34-28-22-17-16-19-25-31-39(4)5)36-48-42(45)33-27-21-14-10-8-12-18-24-30-38(2)3/h38-41H,7-37H2,1-6H3/t40?,41-/m0/s1. The fraction of sp³-hybridized carbons (Fsp3) is 0.932. The molecule has 0 aromatic heterocycles. The highest BCUT2D eigenvalue weighted by molar-refractivity contribution is 5.71. The summed E-state index contributed by atoms with van der Waals surface area (Å²) in [5.41, 5.74) is 0. The van der Waals surface area contributed by atoms with Gasteiger partial charge in [-0.05, 0) is 37.0 Å². The first-order chi connectivity index (χ1) is 24.1. The van der Waals surface area contributed by atoms with Crippen LogP contribution in [-0.2, 0) is 28.6 Å². The van der Waals surface area contributed by atoms with Crippen LogP contribution in [0.3, 0.4) is 0 Å². The van der Waals surface area contributed by atoms with Gasteiger partial charge in [0.15, 0.2) is 6.10 Å². The third-order valence-corrected chi connectivity index (χ3v) is 10.0. The Hall–Kier alpha value is -1.59. The molecule has 0 N–H and O–H groups in total. The minimum Gasteiger partial charge on any atom is -0.462 e. The molecule has 0 aromatic carbocycles. The zero-order valence-electron chi connectivity index (χ0n) is 34.2. The number of carbonyl (C=O) groups is 3. The molecule has 0 fully saturated rings. The van der Waals surface area contributed by atoms with Crippen LogP contribution >= 0.6 is 0 Å². The van der Waals surface area contributed by atoms with Crippen molar-refractivity contribution >= 4 is 17.9 Å². The minimum absolute atomic E-state index is 0.0678. The average molecular weight is 709 g/mol. The highest BCUT2D eigenvalue weighted by atomic mass is 16.6. The lowest BCUT2D eigenvalue weighted by Gasteiger charge is -2.18. The van der Waals surface area contributed by atoms with Gasteiger partial charge < -0.3 is 14.2 Å². The Morgan fingerprint density at radius 1 is 0.400 bits per heavy atom. The summed E-state index contributed by atoms with van der Waals surface area (Å²) in [4.78, 5) is 37.6. The molecule has 0 bridgehead atoms. The van der Waals surface area contributed by atoms with E-state index in [4.69, 9.17) is 14.2 Å². The minimum atomic E-state index is -0.762. The largest absolute Gasteiger partial charge is 0.462 e. The van der Waals surface area contributed by atoms with Crippen molar-refractivity contribution in [1.82, 2.24) is 0 Å². The van der Waals surface area contributed by atoms with E-state index in [2.05, 4.69) is 41.5 Å². The predicted molar refractivity (Wildman–Crippen MR) is 210 cm³/mol. The van der Waals surface area contributed by atoms with Crippen molar-refractivity contribution < 1.29 is 28.6 Å². The quantitative estimate of drug-likeness (QED) is 0.0363. The highest BCUT2D eigenvalue weighted by Crippen LogP contribution is 2.17. The lowest BCUT2D eigenvalue weighted by molar-refractivity contribution is -0.167. The summed E-state index contributed by atoms with van der Waals surface area (Å²) in [7, 11) is 0. The zero-order chi connectivity index (χ0) is 37.1. The van der Waals surface area contributed by atoms with E-state index in [0.717, 1.165) is 75.5 Å². The number of rotatable bonds is 37. The van der Waals surface area contributed by atoms with Crippen molar-refractivity contribution in [2.45, 2.75) is 234 Å². The number of esters is 3. The number of hydrogen-bond acceptors (Lipinski definition) is 6. The van der Waals surface area contributed by atoms with Gasteiger partial charge in [-0.3, -0.25) is 14.4 Å². The monoisotopic (exact) mass is 709 g/mol. The normalized spacial score (nSPS) is 12.7. The molecule has 0 aliphatic heterocycles. The van der Waals surface area contributed by atoms with Crippen molar-refractivity contribution in [1.29, 1.82) is 0 Å². The first-order valence-electron chi connectivity index (χ1n) is 21.6. The number of unbranched alkanes of at least 4 members (excludes halogenated alkanes) is 19. The molecule has 0 amide bonds. The maximum absolute atomic E-state index is 12.7. The van der Waals surface area contributed by atoms with Crippen LogP contribution < -0.4 is 0 Å². The summed E-state index contributed by atoms with van der Waals surface area (Å²) in [5.74, 6) is 1.53. The highest BCUT2D eigenvalue weighted by Gasteiger charge is 2.19. The third kappa shape index (κ3) is 36.2. The number of ether oxygens (including phenoxy) is 3. The van der Waals surface area contributed by atoms with E-state index < -0.39 is 6.10 Å². The summed E-state index contributed by atoms with van der Waals surface area (Å²) in [6.07, 6.45) is 31.0. The van der Waals surface area contributed by atoms with Crippen molar-refractivity contribution in [3.63, 3.8) is 0 Å². The van der Waals surface area contributed by atoms with E-state index in [-0.39, 0.29) is 31.1 Å². The van der Waals surface area contributed by atoms with Crippen LogP contribution in [0.15, 0.2) is 0 Å². The van der Waals surface area contributed by atoms with Gasteiger partial charge in [0.25, 0.3) is 0 Å². The molecule has 0 aliphatic rings. The molecule has 296 valence electrons. The fourth-order valence-electron chi connectivity index (χ4n) is 6.32. The van der Waals surface area contributed by atoms with E-state index in [1.165, 1.54) is 109 Å². The molecule has 2 atom stereocenters. The molecule has 0 aromatic rings. The van der Waals surface area contributed by atoms with Crippen LogP contribution in [0.1, 0.15) is 228 Å². The van der Waals surface area contributed by atoms with Gasteiger partial charge in [0.05, 0.1) is 0 Å². The molecule has 0 aliphatic carbocycles. The molecule has 0 heterocycles. The number of carbonyl (C=O) groups excluding carboxylic acids is 3. The zero-order valence-corrected chi connectivity index (χ0v) is 34.2. The summed E-state index contributed by atoms with van der Waals surface area (Å²) in [5, 5.41) is 0. The molecule has 1 unspecified atom stereocenters. The van der Waals surface area contributed by atoms with Gasteiger partial charge in [-0.2, -0.15) is 0 Å². The Bertz CT molecular complexity index is 778. The van der Waals surface area contributed by atoms with Crippen LogP contribution in [0, 0.1) is 17.8 Å². The van der Waals surface area contributed by atoms with E-state index in [1.54, 1.807) is 0 Å². The molecular weight excluding hydrogens is 624 g/mol. The van der Waals surface area contributed by atoms with E-state index in [9.17, 15) is 14.4 Å². The van der Waals surface area contributed by atoms with Crippen LogP contribution in [0.5, 0.6) is 0 Å². The lowest BCUT2D eigenvalue weighted by Crippen LogP contribution is -2.30. The van der Waals surface area contributed by atoms with E-state index in [0.29, 0.717) is 19.3 Å². The van der Waals surface area contributed by atoms with Crippen molar-refractivity contribution in [2.75, 3.05) is 13.2 Å². The van der Waals surface area contributed by atoms with Crippen LogP contribution in [0.4, 0.5) is 0 Å². The molecular formula is C44H84O6. The Morgan fingerprint density at radius 3 is 1.04 bits per heavy atom. The van der Waals surface area contributed by atoms with Gasteiger partial charge in [-0.15, -0.1) is 0 Å². The maximum atomic E-state index is 12.7. The molecule has 0 saturated heterocycles. The summed E-state index contributed by atoms with van der Waals surface area (Å²) < 4.78 is 16.7. The lowest BCUT2D eigenvalue weighted by atomic mass is 9.99. The molecule has 0 radical (unpaired) electrons. The van der Waals surface area contributed by atoms with Gasteiger partial charge in [-0.25, -0.2) is 0 Å². The van der Waals surface area contributed by atoms with Crippen LogP contribution in [0.2, 0.25) is 0 Å². The predicted octanol–water partition coefficient (Wildman–Crippen LogP) is 13.3. The Labute approximate surface area is 310 Å². The average Bonchev–Trinajstić information content (AvgIpc) is 3.08. The van der Waals surface area contributed by atoms with Crippen molar-refractivity contribution in [3.05, 3.63) is 0 Å². The van der Waals surface area contributed by atoms with E-state index in [1.807, 2.05) is 0 Å². The Kier molecular flexibility index (Phi) is 34.7. The van der Waals surface area contributed by atoms with Crippen LogP contribution in [-0.4, -0.2) is 37.2 Å². The van der Waals surface area contributed by atoms with Crippen molar-refractivity contribution in [2.24, 2.45) is 17.8 Å². The Morgan fingerprint density at radius 2 is 0.700 bits per heavy atom. The van der Waals surface area contributed by atoms with Gasteiger partial charge in [0.2, 0.25) is 0 Å². The molecule has 6 nitrogen and oxygen atoms in total. The van der Waals surface area contributed by atoms with Crippen molar-refractivity contribution in [3.8, 4) is 0 Å². The van der Waals surface area contributed by atoms with Crippen LogP contribution in [0.25, 0.3) is 0 Å². The maximum Gasteiger partial charge on any atom is 0.306 e. The Balaban J connectivity index is 4.37. The molecule has 0 rings (SSSR count). The first-order valence-corrected chi connectivity index (χ1v) is 21.6.